The molecule has 0 unspecified atom stereocenters. The summed E-state index contributed by atoms with van der Waals surface area (Å²) in [4.78, 5) is 14.5. The Morgan fingerprint density at radius 2 is 2.07 bits per heavy atom. The van der Waals surface area contributed by atoms with Crippen molar-refractivity contribution in [1.82, 2.24) is 4.57 Å². The number of fused-ring (bicyclic) bond motifs is 1. The predicted octanol–water partition coefficient (Wildman–Crippen LogP) is 0.659. The first-order chi connectivity index (χ1) is 12.8. The first-order valence-corrected chi connectivity index (χ1v) is 8.70. The molecule has 1 aromatic heterocycles. The average Bonchev–Trinajstić information content (AvgIpc) is 2.60. The van der Waals surface area contributed by atoms with Gasteiger partial charge in [0.05, 0.1) is 38.7 Å². The maximum absolute atomic E-state index is 14.5. The number of benzene rings is 1. The highest BCUT2D eigenvalue weighted by atomic mass is 19.1. The van der Waals surface area contributed by atoms with Crippen LogP contribution in [0.15, 0.2) is 46.6 Å². The Labute approximate surface area is 156 Å². The number of rotatable bonds is 4. The van der Waals surface area contributed by atoms with Gasteiger partial charge in [-0.3, -0.25) is 4.79 Å². The molecule has 0 radical (unpaired) electrons. The standard InChI is InChI=1S/C20H21FN4O2/c1-12-10-16-18(20(26)25(12)9-8-24(2)3)17(14(11-22)19(23)27-16)13-6-4-5-7-15(13)21/h4-7,10,17H,8-9,23H2,1-3H3/p+1/t17-/m0/s1. The molecule has 0 aliphatic carbocycles. The summed E-state index contributed by atoms with van der Waals surface area (Å²) in [6.07, 6.45) is 0. The van der Waals surface area contributed by atoms with Gasteiger partial charge in [0, 0.05) is 17.3 Å². The van der Waals surface area contributed by atoms with Crippen LogP contribution in [0.5, 0.6) is 5.75 Å². The summed E-state index contributed by atoms with van der Waals surface area (Å²) in [5.41, 5.74) is 6.86. The second-order valence-corrected chi connectivity index (χ2v) is 6.92. The third-order valence-electron chi connectivity index (χ3n) is 4.74. The highest BCUT2D eigenvalue weighted by Gasteiger charge is 2.35. The smallest absolute Gasteiger partial charge is 0.258 e. The van der Waals surface area contributed by atoms with Gasteiger partial charge in [-0.1, -0.05) is 18.2 Å². The van der Waals surface area contributed by atoms with Crippen molar-refractivity contribution in [3.63, 3.8) is 0 Å². The fraction of sp³-hybridized carbons (Fsp3) is 0.300. The van der Waals surface area contributed by atoms with Crippen LogP contribution in [0, 0.1) is 24.1 Å². The van der Waals surface area contributed by atoms with Crippen molar-refractivity contribution in [1.29, 1.82) is 5.26 Å². The third-order valence-corrected chi connectivity index (χ3v) is 4.74. The number of nitrogens with zero attached hydrogens (tertiary/aromatic N) is 2. The van der Waals surface area contributed by atoms with Crippen LogP contribution in [0.4, 0.5) is 4.39 Å². The number of quaternary nitrogens is 1. The molecule has 3 N–H and O–H groups in total. The van der Waals surface area contributed by atoms with E-state index in [1.165, 1.54) is 11.0 Å². The number of aryl methyl sites for hydroxylation is 1. The molecule has 2 aromatic rings. The summed E-state index contributed by atoms with van der Waals surface area (Å²) in [6.45, 7) is 3.06. The number of halogens is 1. The number of pyridine rings is 1. The number of allylic oxidation sites excluding steroid dienone is 1. The van der Waals surface area contributed by atoms with Gasteiger partial charge in [-0.05, 0) is 13.0 Å². The number of nitrogens with two attached hydrogens (primary N) is 1. The molecule has 3 rings (SSSR count). The molecular formula is C20H22FN4O2+. The summed E-state index contributed by atoms with van der Waals surface area (Å²) < 4.78 is 21.7. The Kier molecular flexibility index (Phi) is 5.02. The van der Waals surface area contributed by atoms with Crippen molar-refractivity contribution >= 4 is 0 Å². The lowest BCUT2D eigenvalue weighted by molar-refractivity contribution is -0.858. The van der Waals surface area contributed by atoms with Crippen molar-refractivity contribution < 1.29 is 14.0 Å². The van der Waals surface area contributed by atoms with E-state index >= 15 is 0 Å². The number of ether oxygens (including phenoxy) is 1. The zero-order chi connectivity index (χ0) is 19.7. The van der Waals surface area contributed by atoms with Crippen LogP contribution in [0.2, 0.25) is 0 Å². The zero-order valence-electron chi connectivity index (χ0n) is 15.5. The van der Waals surface area contributed by atoms with E-state index in [0.29, 0.717) is 6.54 Å². The van der Waals surface area contributed by atoms with Gasteiger partial charge in [-0.25, -0.2) is 4.39 Å². The summed E-state index contributed by atoms with van der Waals surface area (Å²) in [6, 6.07) is 9.81. The first kappa shape index (κ1) is 18.7. The van der Waals surface area contributed by atoms with E-state index in [2.05, 4.69) is 0 Å². The second-order valence-electron chi connectivity index (χ2n) is 6.92. The Morgan fingerprint density at radius 1 is 1.37 bits per heavy atom. The van der Waals surface area contributed by atoms with Crippen LogP contribution in [-0.4, -0.2) is 25.2 Å². The number of nitrogens with one attached hydrogen (secondary N) is 1. The van der Waals surface area contributed by atoms with Crippen molar-refractivity contribution in [2.24, 2.45) is 5.73 Å². The predicted molar refractivity (Wildman–Crippen MR) is 98.8 cm³/mol. The maximum atomic E-state index is 14.5. The SMILES string of the molecule is Cc1cc2c(c(=O)n1CC[NH+](C)C)[C@@H](c1ccccc1F)C(C#N)=C(N)O2. The molecule has 0 saturated carbocycles. The van der Waals surface area contributed by atoms with Crippen LogP contribution < -0.4 is 20.9 Å². The van der Waals surface area contributed by atoms with Crippen molar-refractivity contribution in [2.75, 3.05) is 20.6 Å². The van der Waals surface area contributed by atoms with Gasteiger partial charge in [0.25, 0.3) is 5.56 Å². The van der Waals surface area contributed by atoms with Gasteiger partial charge in [0.15, 0.2) is 0 Å². The lowest BCUT2D eigenvalue weighted by atomic mass is 9.83. The number of hydrogen-bond donors (Lipinski definition) is 2. The minimum Gasteiger partial charge on any atom is -0.440 e. The molecule has 7 heteroatoms. The van der Waals surface area contributed by atoms with Crippen LogP contribution in [0.1, 0.15) is 22.7 Å². The van der Waals surface area contributed by atoms with E-state index < -0.39 is 11.7 Å². The zero-order valence-corrected chi connectivity index (χ0v) is 15.5. The van der Waals surface area contributed by atoms with E-state index in [1.807, 2.05) is 27.1 Å². The molecule has 2 heterocycles. The van der Waals surface area contributed by atoms with E-state index in [9.17, 15) is 14.4 Å². The van der Waals surface area contributed by atoms with Gasteiger partial charge in [-0.15, -0.1) is 0 Å². The molecule has 0 saturated heterocycles. The van der Waals surface area contributed by atoms with Crippen LogP contribution in [0.3, 0.4) is 0 Å². The molecule has 1 aliphatic rings. The number of nitriles is 1. The van der Waals surface area contributed by atoms with E-state index in [-0.39, 0.29) is 33.9 Å². The molecular weight excluding hydrogens is 347 g/mol. The van der Waals surface area contributed by atoms with Gasteiger partial charge < -0.3 is 19.9 Å². The molecule has 1 atom stereocenters. The van der Waals surface area contributed by atoms with Crippen LogP contribution >= 0.6 is 0 Å². The maximum Gasteiger partial charge on any atom is 0.258 e. The van der Waals surface area contributed by atoms with Crippen molar-refractivity contribution in [3.05, 3.63) is 74.8 Å². The molecule has 0 spiro atoms. The van der Waals surface area contributed by atoms with Gasteiger partial charge in [0.2, 0.25) is 5.88 Å². The Hall–Kier alpha value is -3.11. The largest absolute Gasteiger partial charge is 0.440 e. The Morgan fingerprint density at radius 3 is 2.70 bits per heavy atom. The Bertz CT molecular complexity index is 1020. The molecule has 140 valence electrons. The van der Waals surface area contributed by atoms with Crippen LogP contribution in [-0.2, 0) is 6.54 Å². The fourth-order valence-corrected chi connectivity index (χ4v) is 3.32. The summed E-state index contributed by atoms with van der Waals surface area (Å²) in [5, 5.41) is 9.60. The molecule has 1 aliphatic heterocycles. The summed E-state index contributed by atoms with van der Waals surface area (Å²) in [7, 11) is 4.00. The summed E-state index contributed by atoms with van der Waals surface area (Å²) in [5.74, 6) is -1.23. The second kappa shape index (κ2) is 7.25. The van der Waals surface area contributed by atoms with E-state index in [4.69, 9.17) is 10.5 Å². The topological polar surface area (TPSA) is 85.5 Å². The monoisotopic (exact) mass is 369 g/mol. The molecule has 1 aromatic carbocycles. The highest BCUT2D eigenvalue weighted by molar-refractivity contribution is 5.55. The normalized spacial score (nSPS) is 16.1. The lowest BCUT2D eigenvalue weighted by Crippen LogP contribution is -3.06. The number of hydrogen-bond acceptors (Lipinski definition) is 4. The van der Waals surface area contributed by atoms with Gasteiger partial charge >= 0.3 is 0 Å². The van der Waals surface area contributed by atoms with Gasteiger partial charge in [0.1, 0.15) is 23.2 Å². The summed E-state index contributed by atoms with van der Waals surface area (Å²) >= 11 is 0. The van der Waals surface area contributed by atoms with E-state index in [1.54, 1.807) is 28.8 Å². The molecule has 0 amide bonds. The van der Waals surface area contributed by atoms with Crippen molar-refractivity contribution in [2.45, 2.75) is 19.4 Å². The van der Waals surface area contributed by atoms with Crippen molar-refractivity contribution in [3.8, 4) is 11.8 Å². The van der Waals surface area contributed by atoms with Crippen LogP contribution in [0.25, 0.3) is 0 Å². The minimum atomic E-state index is -0.897. The fourth-order valence-electron chi connectivity index (χ4n) is 3.32. The van der Waals surface area contributed by atoms with Gasteiger partial charge in [-0.2, -0.15) is 5.26 Å². The number of likely N-dealkylation sites (N-methyl/N-ethyl adjacent to an activating group) is 1. The molecule has 27 heavy (non-hydrogen) atoms. The average molecular weight is 369 g/mol. The quantitative estimate of drug-likeness (QED) is 0.829. The first-order valence-electron chi connectivity index (χ1n) is 8.70. The molecule has 6 nitrogen and oxygen atoms in total. The number of aromatic nitrogens is 1. The lowest BCUT2D eigenvalue weighted by Gasteiger charge is -2.27. The molecule has 0 bridgehead atoms. The van der Waals surface area contributed by atoms with E-state index in [0.717, 1.165) is 12.2 Å². The Balaban J connectivity index is 2.26. The highest BCUT2D eigenvalue weighted by Crippen LogP contribution is 2.41. The third kappa shape index (κ3) is 3.32. The minimum absolute atomic E-state index is 0.0401. The molecule has 0 fully saturated rings.